The second-order valence-corrected chi connectivity index (χ2v) is 4.12. The molecular formula is C11H20IN5O. The van der Waals surface area contributed by atoms with E-state index in [-0.39, 0.29) is 24.0 Å². The molecule has 0 bridgehead atoms. The minimum absolute atomic E-state index is 0. The maximum Gasteiger partial charge on any atom is 0.191 e. The van der Waals surface area contributed by atoms with Gasteiger partial charge in [-0.25, -0.2) is 0 Å². The number of morpholine rings is 1. The van der Waals surface area contributed by atoms with Gasteiger partial charge in [-0.2, -0.15) is 5.10 Å². The molecule has 1 saturated heterocycles. The molecule has 7 heteroatoms. The first-order chi connectivity index (χ1) is 8.25. The predicted octanol–water partition coefficient (Wildman–Crippen LogP) is 0.456. The summed E-state index contributed by atoms with van der Waals surface area (Å²) in [6.45, 7) is 6.56. The van der Waals surface area contributed by atoms with E-state index in [4.69, 9.17) is 10.5 Å². The lowest BCUT2D eigenvalue weighted by Gasteiger charge is -2.27. The van der Waals surface area contributed by atoms with Crippen molar-refractivity contribution >= 4 is 29.9 Å². The van der Waals surface area contributed by atoms with Crippen LogP contribution in [-0.2, 0) is 11.3 Å². The highest BCUT2D eigenvalue weighted by atomic mass is 127. The summed E-state index contributed by atoms with van der Waals surface area (Å²) >= 11 is 0. The summed E-state index contributed by atoms with van der Waals surface area (Å²) < 4.78 is 7.14. The van der Waals surface area contributed by atoms with E-state index in [1.165, 1.54) is 0 Å². The third-order valence-electron chi connectivity index (χ3n) is 2.70. The lowest BCUT2D eigenvalue weighted by Crippen LogP contribution is -2.44. The van der Waals surface area contributed by atoms with Crippen LogP contribution < -0.4 is 5.73 Å². The third-order valence-corrected chi connectivity index (χ3v) is 2.70. The Hall–Kier alpha value is -0.830. The zero-order valence-corrected chi connectivity index (χ0v) is 12.9. The topological polar surface area (TPSA) is 68.7 Å². The van der Waals surface area contributed by atoms with E-state index < -0.39 is 0 Å². The smallest absolute Gasteiger partial charge is 0.191 e. The van der Waals surface area contributed by atoms with Gasteiger partial charge in [0.25, 0.3) is 0 Å². The Balaban J connectivity index is 0.00000162. The summed E-state index contributed by atoms with van der Waals surface area (Å²) in [7, 11) is 0. The Labute approximate surface area is 124 Å². The summed E-state index contributed by atoms with van der Waals surface area (Å²) in [5, 5.41) is 4.20. The molecular weight excluding hydrogens is 345 g/mol. The van der Waals surface area contributed by atoms with E-state index in [1.54, 1.807) is 0 Å². The third kappa shape index (κ3) is 4.45. The van der Waals surface area contributed by atoms with Crippen molar-refractivity contribution in [1.29, 1.82) is 0 Å². The highest BCUT2D eigenvalue weighted by molar-refractivity contribution is 14.0. The Morgan fingerprint density at radius 1 is 1.50 bits per heavy atom. The molecule has 6 nitrogen and oxygen atoms in total. The van der Waals surface area contributed by atoms with Gasteiger partial charge in [0, 0.05) is 19.3 Å². The normalized spacial score (nSPS) is 16.5. The predicted molar refractivity (Wildman–Crippen MR) is 81.3 cm³/mol. The molecule has 0 aromatic carbocycles. The molecule has 0 radical (unpaired) electrons. The molecule has 0 unspecified atom stereocenters. The summed E-state index contributed by atoms with van der Waals surface area (Å²) in [6.07, 6.45) is 3.84. The molecule has 2 rings (SSSR count). The number of aromatic nitrogens is 2. The van der Waals surface area contributed by atoms with Crippen LogP contribution in [0.1, 0.15) is 5.56 Å². The zero-order valence-electron chi connectivity index (χ0n) is 10.6. The highest BCUT2D eigenvalue weighted by Crippen LogP contribution is 1.97. The summed E-state index contributed by atoms with van der Waals surface area (Å²) in [6, 6.07) is 0. The second-order valence-electron chi connectivity index (χ2n) is 4.12. The molecule has 2 heterocycles. The van der Waals surface area contributed by atoms with Crippen molar-refractivity contribution in [2.45, 2.75) is 13.5 Å². The molecule has 0 saturated carbocycles. The van der Waals surface area contributed by atoms with Gasteiger partial charge in [-0.3, -0.25) is 9.67 Å². The number of halogens is 1. The molecule has 1 aromatic heterocycles. The van der Waals surface area contributed by atoms with Crippen LogP contribution in [0.25, 0.3) is 0 Å². The molecule has 2 N–H and O–H groups in total. The zero-order chi connectivity index (χ0) is 12.1. The van der Waals surface area contributed by atoms with Crippen molar-refractivity contribution in [2.75, 3.05) is 32.8 Å². The van der Waals surface area contributed by atoms with Crippen LogP contribution in [0.5, 0.6) is 0 Å². The first-order valence-electron chi connectivity index (χ1n) is 5.87. The first kappa shape index (κ1) is 15.2. The Bertz CT molecular complexity index is 387. The molecule has 1 fully saturated rings. The van der Waals surface area contributed by atoms with E-state index >= 15 is 0 Å². The number of hydrogen-bond donors (Lipinski definition) is 1. The van der Waals surface area contributed by atoms with E-state index in [0.29, 0.717) is 12.5 Å². The summed E-state index contributed by atoms with van der Waals surface area (Å²) in [5.74, 6) is 0.608. The first-order valence-corrected chi connectivity index (χ1v) is 5.87. The monoisotopic (exact) mass is 365 g/mol. The van der Waals surface area contributed by atoms with Gasteiger partial charge in [0.15, 0.2) is 5.96 Å². The van der Waals surface area contributed by atoms with E-state index in [2.05, 4.69) is 15.0 Å². The van der Waals surface area contributed by atoms with Gasteiger partial charge in [0.05, 0.1) is 32.5 Å². The summed E-state index contributed by atoms with van der Waals surface area (Å²) in [4.78, 5) is 6.41. The van der Waals surface area contributed by atoms with Crippen molar-refractivity contribution in [3.63, 3.8) is 0 Å². The van der Waals surface area contributed by atoms with Crippen molar-refractivity contribution in [3.05, 3.63) is 18.0 Å². The summed E-state index contributed by atoms with van der Waals surface area (Å²) in [5.41, 5.74) is 7.07. The Morgan fingerprint density at radius 3 is 2.83 bits per heavy atom. The number of nitrogens with two attached hydrogens (primary N) is 1. The number of ether oxygens (including phenoxy) is 1. The largest absolute Gasteiger partial charge is 0.378 e. The molecule has 1 aliphatic heterocycles. The Morgan fingerprint density at radius 2 is 2.22 bits per heavy atom. The van der Waals surface area contributed by atoms with Crippen LogP contribution in [0.2, 0.25) is 0 Å². The van der Waals surface area contributed by atoms with Crippen molar-refractivity contribution < 1.29 is 4.74 Å². The molecule has 18 heavy (non-hydrogen) atoms. The number of nitrogens with zero attached hydrogens (tertiary/aromatic N) is 4. The molecule has 0 amide bonds. The van der Waals surface area contributed by atoms with Crippen molar-refractivity contribution in [1.82, 2.24) is 14.7 Å². The van der Waals surface area contributed by atoms with Gasteiger partial charge in [-0.1, -0.05) is 0 Å². The van der Waals surface area contributed by atoms with Gasteiger partial charge in [-0.15, -0.1) is 24.0 Å². The maximum atomic E-state index is 5.91. The molecule has 0 atom stereocenters. The van der Waals surface area contributed by atoms with Crippen LogP contribution in [0.3, 0.4) is 0 Å². The van der Waals surface area contributed by atoms with Crippen LogP contribution in [0, 0.1) is 6.92 Å². The van der Waals surface area contributed by atoms with Crippen LogP contribution in [-0.4, -0.2) is 53.5 Å². The highest BCUT2D eigenvalue weighted by Gasteiger charge is 2.11. The minimum Gasteiger partial charge on any atom is -0.378 e. The number of hydrogen-bond acceptors (Lipinski definition) is 3. The Kier molecular flexibility index (Phi) is 6.41. The quantitative estimate of drug-likeness (QED) is 0.480. The lowest BCUT2D eigenvalue weighted by atomic mass is 10.4. The van der Waals surface area contributed by atoms with Crippen LogP contribution in [0.15, 0.2) is 17.4 Å². The van der Waals surface area contributed by atoms with Crippen molar-refractivity contribution in [2.24, 2.45) is 10.7 Å². The van der Waals surface area contributed by atoms with Crippen molar-refractivity contribution in [3.8, 4) is 0 Å². The number of aryl methyl sites for hydroxylation is 1. The van der Waals surface area contributed by atoms with E-state index in [0.717, 1.165) is 38.4 Å². The van der Waals surface area contributed by atoms with E-state index in [9.17, 15) is 0 Å². The van der Waals surface area contributed by atoms with Gasteiger partial charge in [0.2, 0.25) is 0 Å². The van der Waals surface area contributed by atoms with Crippen LogP contribution in [0.4, 0.5) is 0 Å². The fraction of sp³-hybridized carbons (Fsp3) is 0.636. The molecule has 102 valence electrons. The molecule has 1 aliphatic rings. The fourth-order valence-electron chi connectivity index (χ4n) is 1.75. The van der Waals surface area contributed by atoms with Gasteiger partial charge < -0.3 is 15.4 Å². The fourth-order valence-corrected chi connectivity index (χ4v) is 1.75. The van der Waals surface area contributed by atoms with E-state index in [1.807, 2.05) is 24.0 Å². The van der Waals surface area contributed by atoms with Gasteiger partial charge in [-0.05, 0) is 12.5 Å². The average molecular weight is 365 g/mol. The van der Waals surface area contributed by atoms with Crippen LogP contribution >= 0.6 is 24.0 Å². The number of guanidine groups is 1. The SMILES string of the molecule is Cc1cnn(CCN=C(N)N2CCOCC2)c1.I. The molecule has 0 spiro atoms. The van der Waals surface area contributed by atoms with Gasteiger partial charge >= 0.3 is 0 Å². The standard InChI is InChI=1S/C11H19N5O.HI/c1-10-8-14-16(9-10)3-2-13-11(12)15-4-6-17-7-5-15;/h8-9H,2-7H2,1H3,(H2,12,13);1H. The minimum atomic E-state index is 0. The second kappa shape index (κ2) is 7.57. The lowest BCUT2D eigenvalue weighted by molar-refractivity contribution is 0.0674. The maximum absolute atomic E-state index is 5.91. The molecule has 1 aromatic rings. The number of rotatable bonds is 3. The molecule has 0 aliphatic carbocycles. The average Bonchev–Trinajstić information content (AvgIpc) is 2.76. The number of aliphatic imine (C=N–C) groups is 1. The van der Waals surface area contributed by atoms with Gasteiger partial charge in [0.1, 0.15) is 0 Å².